The van der Waals surface area contributed by atoms with Gasteiger partial charge in [0.1, 0.15) is 13.7 Å². The Labute approximate surface area is 143 Å². The van der Waals surface area contributed by atoms with Crippen molar-refractivity contribution in [2.45, 2.75) is 27.4 Å². The number of oxime groups is 1. The number of ketones is 1. The summed E-state index contributed by atoms with van der Waals surface area (Å²) in [6.07, 6.45) is 0. The second kappa shape index (κ2) is 7.77. The topological polar surface area (TPSA) is 47.9 Å². The summed E-state index contributed by atoms with van der Waals surface area (Å²) in [5.74, 6) is 0.487. The van der Waals surface area contributed by atoms with E-state index >= 15 is 0 Å². The Kier molecular flexibility index (Phi) is 5.74. The summed E-state index contributed by atoms with van der Waals surface area (Å²) in [6, 6.07) is 17.1. The first-order valence-electron chi connectivity index (χ1n) is 7.85. The van der Waals surface area contributed by atoms with E-state index in [0.717, 1.165) is 11.1 Å². The fourth-order valence-electron chi connectivity index (χ4n) is 2.17. The summed E-state index contributed by atoms with van der Waals surface area (Å²) >= 11 is 0. The van der Waals surface area contributed by atoms with Crippen LogP contribution in [0.4, 0.5) is 0 Å². The number of hydrogen-bond acceptors (Lipinski definition) is 4. The Morgan fingerprint density at radius 3 is 2.08 bits per heavy atom. The van der Waals surface area contributed by atoms with Crippen molar-refractivity contribution in [3.8, 4) is 0 Å². The molecule has 0 radical (unpaired) electrons. The Bertz CT molecular complexity index is 698. The Balaban J connectivity index is 2.14. The monoisotopic (exact) mass is 325 g/mol. The van der Waals surface area contributed by atoms with Gasteiger partial charge in [0.15, 0.2) is 5.78 Å². The van der Waals surface area contributed by atoms with Crippen molar-refractivity contribution in [3.05, 3.63) is 71.3 Å². The summed E-state index contributed by atoms with van der Waals surface area (Å²) in [4.78, 5) is 17.2. The van der Waals surface area contributed by atoms with Crippen molar-refractivity contribution in [2.75, 3.05) is 7.11 Å². The van der Waals surface area contributed by atoms with E-state index < -0.39 is 5.41 Å². The second-order valence-corrected chi connectivity index (χ2v) is 6.51. The molecule has 0 aliphatic heterocycles. The average Bonchev–Trinajstić information content (AvgIpc) is 2.58. The first-order valence-corrected chi connectivity index (χ1v) is 7.85. The molecular formula is C20H23NO3. The van der Waals surface area contributed by atoms with Gasteiger partial charge in [0.05, 0.1) is 0 Å². The minimum atomic E-state index is -0.408. The average molecular weight is 325 g/mol. The van der Waals surface area contributed by atoms with E-state index in [-0.39, 0.29) is 5.78 Å². The summed E-state index contributed by atoms with van der Waals surface area (Å²) in [6.45, 7) is 6.11. The molecule has 4 heteroatoms. The molecule has 0 N–H and O–H groups in total. The number of rotatable bonds is 5. The SMILES string of the molecule is CON=C(OCc1ccccc1)c1ccc(C(=O)C(C)(C)C)cc1. The van der Waals surface area contributed by atoms with Crippen LogP contribution in [0.2, 0.25) is 0 Å². The lowest BCUT2D eigenvalue weighted by Gasteiger charge is -2.16. The van der Waals surface area contributed by atoms with Crippen LogP contribution in [0, 0.1) is 5.41 Å². The van der Waals surface area contributed by atoms with Gasteiger partial charge in [-0.05, 0) is 22.9 Å². The van der Waals surface area contributed by atoms with Crippen molar-refractivity contribution in [1.29, 1.82) is 0 Å². The summed E-state index contributed by atoms with van der Waals surface area (Å²) in [5, 5.41) is 3.94. The summed E-state index contributed by atoms with van der Waals surface area (Å²) in [7, 11) is 1.48. The highest BCUT2D eigenvalue weighted by atomic mass is 16.6. The van der Waals surface area contributed by atoms with Crippen LogP contribution in [0.5, 0.6) is 0 Å². The van der Waals surface area contributed by atoms with Gasteiger partial charge in [-0.15, -0.1) is 0 Å². The zero-order valence-corrected chi connectivity index (χ0v) is 14.6. The zero-order chi connectivity index (χ0) is 17.6. The first-order chi connectivity index (χ1) is 11.4. The molecule has 24 heavy (non-hydrogen) atoms. The number of Topliss-reactive ketones (excluding diaryl/α,β-unsaturated/α-hetero) is 1. The predicted octanol–water partition coefficient (Wildman–Crippen LogP) is 4.44. The lowest BCUT2D eigenvalue weighted by Crippen LogP contribution is -2.20. The molecule has 0 aliphatic carbocycles. The third-order valence-corrected chi connectivity index (χ3v) is 3.47. The number of carbonyl (C=O) groups excluding carboxylic acids is 1. The van der Waals surface area contributed by atoms with E-state index in [2.05, 4.69) is 5.16 Å². The fourth-order valence-corrected chi connectivity index (χ4v) is 2.17. The minimum Gasteiger partial charge on any atom is -0.470 e. The summed E-state index contributed by atoms with van der Waals surface area (Å²) < 4.78 is 5.76. The molecule has 0 saturated carbocycles. The van der Waals surface area contributed by atoms with Crippen LogP contribution in [0.15, 0.2) is 59.8 Å². The van der Waals surface area contributed by atoms with E-state index in [0.29, 0.717) is 18.1 Å². The maximum atomic E-state index is 12.3. The molecule has 0 spiro atoms. The number of ether oxygens (including phenoxy) is 1. The third kappa shape index (κ3) is 4.69. The normalized spacial score (nSPS) is 11.9. The highest BCUT2D eigenvalue weighted by Crippen LogP contribution is 2.21. The van der Waals surface area contributed by atoms with Crippen LogP contribution < -0.4 is 0 Å². The maximum absolute atomic E-state index is 12.3. The van der Waals surface area contributed by atoms with E-state index in [4.69, 9.17) is 9.57 Å². The van der Waals surface area contributed by atoms with Crippen LogP contribution in [0.3, 0.4) is 0 Å². The molecule has 2 aromatic rings. The van der Waals surface area contributed by atoms with Gasteiger partial charge in [-0.3, -0.25) is 4.79 Å². The molecule has 0 aliphatic rings. The van der Waals surface area contributed by atoms with Gasteiger partial charge < -0.3 is 9.57 Å². The number of benzene rings is 2. The smallest absolute Gasteiger partial charge is 0.257 e. The molecule has 0 fully saturated rings. The number of carbonyl (C=O) groups is 1. The molecule has 2 aromatic carbocycles. The molecule has 0 amide bonds. The van der Waals surface area contributed by atoms with E-state index in [1.807, 2.05) is 63.2 Å². The van der Waals surface area contributed by atoms with Gasteiger partial charge in [0, 0.05) is 16.5 Å². The third-order valence-electron chi connectivity index (χ3n) is 3.47. The van der Waals surface area contributed by atoms with Gasteiger partial charge in [0.2, 0.25) is 0 Å². The highest BCUT2D eigenvalue weighted by Gasteiger charge is 2.22. The van der Waals surface area contributed by atoms with Crippen LogP contribution in [-0.4, -0.2) is 18.8 Å². The standard InChI is InChI=1S/C20H23NO3/c1-20(2,3)18(22)16-10-12-17(13-11-16)19(21-23-4)24-14-15-8-6-5-7-9-15/h5-13H,14H2,1-4H3. The van der Waals surface area contributed by atoms with Crippen LogP contribution in [-0.2, 0) is 16.2 Å². The second-order valence-electron chi connectivity index (χ2n) is 6.51. The molecular weight excluding hydrogens is 302 g/mol. The largest absolute Gasteiger partial charge is 0.470 e. The molecule has 0 unspecified atom stereocenters. The van der Waals surface area contributed by atoms with Crippen LogP contribution >= 0.6 is 0 Å². The Morgan fingerprint density at radius 1 is 0.958 bits per heavy atom. The Morgan fingerprint density at radius 2 is 1.54 bits per heavy atom. The summed E-state index contributed by atoms with van der Waals surface area (Å²) in [5.41, 5.74) is 2.07. The van der Waals surface area contributed by atoms with Crippen molar-refractivity contribution >= 4 is 11.7 Å². The van der Waals surface area contributed by atoms with Crippen LogP contribution in [0.1, 0.15) is 42.3 Å². The van der Waals surface area contributed by atoms with Gasteiger partial charge in [-0.1, -0.05) is 63.2 Å². The predicted molar refractivity (Wildman–Crippen MR) is 95.0 cm³/mol. The molecule has 0 aromatic heterocycles. The molecule has 0 saturated heterocycles. The quantitative estimate of drug-likeness (QED) is 0.353. The van der Waals surface area contributed by atoms with E-state index in [1.54, 1.807) is 12.1 Å². The highest BCUT2D eigenvalue weighted by molar-refractivity contribution is 6.01. The zero-order valence-electron chi connectivity index (χ0n) is 14.6. The molecule has 0 atom stereocenters. The number of hydrogen-bond donors (Lipinski definition) is 0. The van der Waals surface area contributed by atoms with Crippen molar-refractivity contribution in [3.63, 3.8) is 0 Å². The molecule has 126 valence electrons. The van der Waals surface area contributed by atoms with Crippen molar-refractivity contribution in [2.24, 2.45) is 10.6 Å². The molecule has 0 heterocycles. The van der Waals surface area contributed by atoms with Crippen molar-refractivity contribution in [1.82, 2.24) is 0 Å². The van der Waals surface area contributed by atoms with Gasteiger partial charge in [-0.25, -0.2) is 0 Å². The van der Waals surface area contributed by atoms with E-state index in [9.17, 15) is 4.79 Å². The lowest BCUT2D eigenvalue weighted by molar-refractivity contribution is 0.0858. The van der Waals surface area contributed by atoms with Crippen LogP contribution in [0.25, 0.3) is 0 Å². The van der Waals surface area contributed by atoms with Gasteiger partial charge in [0.25, 0.3) is 5.90 Å². The number of nitrogens with zero attached hydrogens (tertiary/aromatic N) is 1. The van der Waals surface area contributed by atoms with E-state index in [1.165, 1.54) is 7.11 Å². The lowest BCUT2D eigenvalue weighted by atomic mass is 9.86. The maximum Gasteiger partial charge on any atom is 0.257 e. The molecule has 0 bridgehead atoms. The van der Waals surface area contributed by atoms with Gasteiger partial charge in [-0.2, -0.15) is 0 Å². The molecule has 4 nitrogen and oxygen atoms in total. The van der Waals surface area contributed by atoms with Gasteiger partial charge >= 0.3 is 0 Å². The van der Waals surface area contributed by atoms with Crippen molar-refractivity contribution < 1.29 is 14.4 Å². The fraction of sp³-hybridized carbons (Fsp3) is 0.300. The molecule has 2 rings (SSSR count). The first kappa shape index (κ1) is 17.7. The minimum absolute atomic E-state index is 0.101. The Hall–Kier alpha value is -2.62.